The van der Waals surface area contributed by atoms with Gasteiger partial charge in [0.1, 0.15) is 12.6 Å². The van der Waals surface area contributed by atoms with Gasteiger partial charge < -0.3 is 14.8 Å². The fourth-order valence-corrected chi connectivity index (χ4v) is 2.74. The summed E-state index contributed by atoms with van der Waals surface area (Å²) in [6.45, 7) is 0.208. The van der Waals surface area contributed by atoms with Crippen molar-refractivity contribution in [3.63, 3.8) is 0 Å². The van der Waals surface area contributed by atoms with E-state index >= 15 is 0 Å². The summed E-state index contributed by atoms with van der Waals surface area (Å²) in [6.07, 6.45) is 0.332. The monoisotopic (exact) mass is 405 g/mol. The van der Waals surface area contributed by atoms with Crippen LogP contribution in [0.25, 0.3) is 0 Å². The van der Waals surface area contributed by atoms with Gasteiger partial charge in [-0.1, -0.05) is 64.5 Å². The molecule has 0 aliphatic rings. The van der Waals surface area contributed by atoms with Crippen LogP contribution in [0.15, 0.2) is 59.1 Å². The zero-order chi connectivity index (χ0) is 18.1. The fraction of sp³-hybridized carbons (Fsp3) is 0.263. The van der Waals surface area contributed by atoms with E-state index < -0.39 is 12.0 Å². The molecule has 0 saturated carbocycles. The summed E-state index contributed by atoms with van der Waals surface area (Å²) in [6, 6.07) is 16.3. The Morgan fingerprint density at radius 2 is 1.76 bits per heavy atom. The molecule has 132 valence electrons. The van der Waals surface area contributed by atoms with Crippen molar-refractivity contribution in [3.8, 4) is 0 Å². The van der Waals surface area contributed by atoms with Crippen LogP contribution in [0.1, 0.15) is 11.1 Å². The molecule has 0 bridgehead atoms. The number of hydrogen-bond acceptors (Lipinski definition) is 4. The molecule has 1 amide bonds. The van der Waals surface area contributed by atoms with Crippen LogP contribution in [0, 0.1) is 0 Å². The Morgan fingerprint density at radius 3 is 2.44 bits per heavy atom. The molecule has 0 aliphatic carbocycles. The average Bonchev–Trinajstić information content (AvgIpc) is 2.63. The van der Waals surface area contributed by atoms with E-state index in [1.807, 2.05) is 54.6 Å². The maximum Gasteiger partial charge on any atom is 0.328 e. The Labute approximate surface area is 155 Å². The molecule has 25 heavy (non-hydrogen) atoms. The molecule has 6 heteroatoms. The van der Waals surface area contributed by atoms with Gasteiger partial charge in [-0.3, -0.25) is 4.79 Å². The Bertz CT molecular complexity index is 706. The zero-order valence-corrected chi connectivity index (χ0v) is 15.5. The maximum absolute atomic E-state index is 12.1. The van der Waals surface area contributed by atoms with Crippen molar-refractivity contribution in [2.24, 2.45) is 0 Å². The second-order valence-corrected chi connectivity index (χ2v) is 6.27. The van der Waals surface area contributed by atoms with Gasteiger partial charge >= 0.3 is 5.97 Å². The van der Waals surface area contributed by atoms with Gasteiger partial charge in [0.15, 0.2) is 0 Å². The second kappa shape index (κ2) is 9.96. The van der Waals surface area contributed by atoms with Crippen LogP contribution in [0.4, 0.5) is 0 Å². The minimum absolute atomic E-state index is 0.127. The van der Waals surface area contributed by atoms with E-state index in [2.05, 4.69) is 21.2 Å². The summed E-state index contributed by atoms with van der Waals surface area (Å²) < 4.78 is 11.1. The molecule has 1 atom stereocenters. The number of rotatable bonds is 8. The van der Waals surface area contributed by atoms with E-state index in [0.717, 1.165) is 15.6 Å². The van der Waals surface area contributed by atoms with Crippen molar-refractivity contribution in [3.05, 3.63) is 70.2 Å². The minimum Gasteiger partial charge on any atom is -0.467 e. The molecule has 0 spiro atoms. The first kappa shape index (κ1) is 19.1. The lowest BCUT2D eigenvalue weighted by atomic mass is 10.1. The van der Waals surface area contributed by atoms with E-state index in [1.165, 1.54) is 7.11 Å². The number of carbonyl (C=O) groups excluding carboxylic acids is 2. The zero-order valence-electron chi connectivity index (χ0n) is 13.9. The van der Waals surface area contributed by atoms with Gasteiger partial charge in [-0.15, -0.1) is 0 Å². The Hall–Kier alpha value is -2.18. The number of amides is 1. The molecule has 2 rings (SSSR count). The number of carbonyl (C=O) groups is 2. The average molecular weight is 406 g/mol. The smallest absolute Gasteiger partial charge is 0.328 e. The van der Waals surface area contributed by atoms with Crippen molar-refractivity contribution in [2.45, 2.75) is 19.1 Å². The normalized spacial score (nSPS) is 11.6. The third-order valence-corrected chi connectivity index (χ3v) is 4.32. The standard InChI is InChI=1S/C19H20BrNO4/c1-24-19(23)17(11-15-9-5-6-10-16(15)20)21-18(22)13-25-12-14-7-3-2-4-8-14/h2-10,17H,11-13H2,1H3,(H,21,22)/t17-/m0/s1. The summed E-state index contributed by atoms with van der Waals surface area (Å²) in [5.41, 5.74) is 1.89. The third-order valence-electron chi connectivity index (χ3n) is 3.55. The molecular weight excluding hydrogens is 386 g/mol. The summed E-state index contributed by atoms with van der Waals surface area (Å²) >= 11 is 3.44. The number of ether oxygens (including phenoxy) is 2. The van der Waals surface area contributed by atoms with E-state index in [4.69, 9.17) is 9.47 Å². The Balaban J connectivity index is 1.89. The highest BCUT2D eigenvalue weighted by Crippen LogP contribution is 2.17. The quantitative estimate of drug-likeness (QED) is 0.685. The van der Waals surface area contributed by atoms with Crippen molar-refractivity contribution < 1.29 is 19.1 Å². The molecule has 0 saturated heterocycles. The lowest BCUT2D eigenvalue weighted by molar-refractivity contribution is -0.145. The Morgan fingerprint density at radius 1 is 1.08 bits per heavy atom. The van der Waals surface area contributed by atoms with Crippen molar-refractivity contribution in [1.82, 2.24) is 5.32 Å². The van der Waals surface area contributed by atoms with Gasteiger partial charge in [0.2, 0.25) is 5.91 Å². The van der Waals surface area contributed by atoms with Crippen LogP contribution in [-0.4, -0.2) is 31.6 Å². The highest BCUT2D eigenvalue weighted by atomic mass is 79.9. The summed E-state index contributed by atoms with van der Waals surface area (Å²) in [7, 11) is 1.30. The predicted octanol–water partition coefficient (Wildman–Crippen LogP) is 2.87. The fourth-order valence-electron chi connectivity index (χ4n) is 2.29. The first-order chi connectivity index (χ1) is 12.1. The van der Waals surface area contributed by atoms with E-state index in [1.54, 1.807) is 0 Å². The number of nitrogens with one attached hydrogen (secondary N) is 1. The van der Waals surface area contributed by atoms with Gasteiger partial charge in [-0.05, 0) is 17.2 Å². The van der Waals surface area contributed by atoms with Gasteiger partial charge in [-0.2, -0.15) is 0 Å². The van der Waals surface area contributed by atoms with Crippen LogP contribution in [-0.2, 0) is 32.1 Å². The van der Waals surface area contributed by atoms with Gasteiger partial charge in [0.25, 0.3) is 0 Å². The number of esters is 1. The molecular formula is C19H20BrNO4. The molecule has 5 nitrogen and oxygen atoms in total. The number of methoxy groups -OCH3 is 1. The summed E-state index contributed by atoms with van der Waals surface area (Å²) in [5.74, 6) is -0.856. The molecule has 0 unspecified atom stereocenters. The lowest BCUT2D eigenvalue weighted by Crippen LogP contribution is -2.44. The molecule has 2 aromatic carbocycles. The summed E-state index contributed by atoms with van der Waals surface area (Å²) in [4.78, 5) is 24.0. The van der Waals surface area contributed by atoms with E-state index in [0.29, 0.717) is 13.0 Å². The molecule has 0 aliphatic heterocycles. The van der Waals surface area contributed by atoms with Crippen LogP contribution < -0.4 is 5.32 Å². The first-order valence-electron chi connectivity index (χ1n) is 7.82. The van der Waals surface area contributed by atoms with Crippen LogP contribution in [0.2, 0.25) is 0 Å². The maximum atomic E-state index is 12.1. The highest BCUT2D eigenvalue weighted by molar-refractivity contribution is 9.10. The molecule has 0 fully saturated rings. The SMILES string of the molecule is COC(=O)[C@H](Cc1ccccc1Br)NC(=O)COCc1ccccc1. The minimum atomic E-state index is -0.767. The van der Waals surface area contributed by atoms with Gasteiger partial charge in [-0.25, -0.2) is 4.79 Å². The molecule has 2 aromatic rings. The van der Waals surface area contributed by atoms with Crippen LogP contribution in [0.5, 0.6) is 0 Å². The molecule has 0 heterocycles. The summed E-state index contributed by atoms with van der Waals surface area (Å²) in [5, 5.41) is 2.67. The van der Waals surface area contributed by atoms with Crippen LogP contribution in [0.3, 0.4) is 0 Å². The van der Waals surface area contributed by atoms with Crippen molar-refractivity contribution in [1.29, 1.82) is 0 Å². The van der Waals surface area contributed by atoms with Crippen molar-refractivity contribution in [2.75, 3.05) is 13.7 Å². The third kappa shape index (κ3) is 6.32. The number of halogens is 1. The van der Waals surface area contributed by atoms with Gasteiger partial charge in [0.05, 0.1) is 13.7 Å². The number of benzene rings is 2. The molecule has 0 aromatic heterocycles. The second-order valence-electron chi connectivity index (χ2n) is 5.42. The first-order valence-corrected chi connectivity index (χ1v) is 8.61. The van der Waals surface area contributed by atoms with E-state index in [9.17, 15) is 9.59 Å². The number of hydrogen-bond donors (Lipinski definition) is 1. The highest BCUT2D eigenvalue weighted by Gasteiger charge is 2.22. The van der Waals surface area contributed by atoms with Gasteiger partial charge in [0, 0.05) is 10.9 Å². The topological polar surface area (TPSA) is 64.6 Å². The van der Waals surface area contributed by atoms with Crippen LogP contribution >= 0.6 is 15.9 Å². The van der Waals surface area contributed by atoms with Crippen molar-refractivity contribution >= 4 is 27.8 Å². The largest absolute Gasteiger partial charge is 0.467 e. The lowest BCUT2D eigenvalue weighted by Gasteiger charge is -2.17. The molecule has 1 N–H and O–H groups in total. The Kier molecular flexibility index (Phi) is 7.63. The molecule has 0 radical (unpaired) electrons. The van der Waals surface area contributed by atoms with E-state index in [-0.39, 0.29) is 12.5 Å². The predicted molar refractivity (Wildman–Crippen MR) is 97.9 cm³/mol.